The van der Waals surface area contributed by atoms with Crippen LogP contribution in [-0.4, -0.2) is 28.8 Å². The van der Waals surface area contributed by atoms with Gasteiger partial charge in [-0.3, -0.25) is 4.79 Å². The number of phenolic OH excluding ortho intramolecular Hbond substituents is 1. The van der Waals surface area contributed by atoms with E-state index in [0.717, 1.165) is 0 Å². The van der Waals surface area contributed by atoms with Gasteiger partial charge >= 0.3 is 11.9 Å². The molecule has 104 valence electrons. The maximum absolute atomic E-state index is 11.6. The second-order valence-corrected chi connectivity index (χ2v) is 3.71. The van der Waals surface area contributed by atoms with Crippen molar-refractivity contribution in [2.75, 3.05) is 6.61 Å². The maximum atomic E-state index is 11.6. The predicted octanol–water partition coefficient (Wildman–Crippen LogP) is 1.54. The first-order valence-corrected chi connectivity index (χ1v) is 5.90. The van der Waals surface area contributed by atoms with Crippen molar-refractivity contribution in [2.45, 2.75) is 6.92 Å². The van der Waals surface area contributed by atoms with Crippen molar-refractivity contribution in [1.82, 2.24) is 10.4 Å². The standard InChI is InChI=1S/C13H13N3O4/c1-2-19-11-8-14-13(20-11)12(18)16-15-7-9-4-3-5-10(17)6-9/h3-8,17H,2H2,1H3,(H,16,18). The average Bonchev–Trinajstić information content (AvgIpc) is 2.88. The van der Waals surface area contributed by atoms with E-state index >= 15 is 0 Å². The highest BCUT2D eigenvalue weighted by Gasteiger charge is 2.12. The number of oxazole rings is 1. The Labute approximate surface area is 114 Å². The predicted molar refractivity (Wildman–Crippen MR) is 70.8 cm³/mol. The van der Waals surface area contributed by atoms with Crippen LogP contribution < -0.4 is 10.2 Å². The van der Waals surface area contributed by atoms with Gasteiger partial charge < -0.3 is 14.3 Å². The molecule has 2 N–H and O–H groups in total. The molecule has 0 atom stereocenters. The first-order chi connectivity index (χ1) is 9.69. The number of aromatic nitrogens is 1. The molecule has 2 aromatic rings. The third-order valence-corrected chi connectivity index (χ3v) is 2.22. The average molecular weight is 275 g/mol. The number of phenols is 1. The van der Waals surface area contributed by atoms with Crippen LogP contribution in [0.5, 0.6) is 11.7 Å². The highest BCUT2D eigenvalue weighted by atomic mass is 16.6. The van der Waals surface area contributed by atoms with Crippen molar-refractivity contribution < 1.29 is 19.1 Å². The van der Waals surface area contributed by atoms with Gasteiger partial charge in [0.05, 0.1) is 12.8 Å². The number of carbonyl (C=O) groups is 1. The van der Waals surface area contributed by atoms with Crippen LogP contribution in [0.25, 0.3) is 0 Å². The molecule has 0 saturated heterocycles. The molecular weight excluding hydrogens is 262 g/mol. The molecule has 0 bridgehead atoms. The summed E-state index contributed by atoms with van der Waals surface area (Å²) in [6.07, 6.45) is 2.71. The van der Waals surface area contributed by atoms with Gasteiger partial charge in [0, 0.05) is 0 Å². The van der Waals surface area contributed by atoms with Crippen LogP contribution in [0.4, 0.5) is 0 Å². The van der Waals surface area contributed by atoms with Crippen LogP contribution in [-0.2, 0) is 0 Å². The summed E-state index contributed by atoms with van der Waals surface area (Å²) in [5.74, 6) is -0.433. The number of carbonyl (C=O) groups excluding carboxylic acids is 1. The smallest absolute Gasteiger partial charge is 0.327 e. The molecule has 0 spiro atoms. The molecule has 1 aromatic heterocycles. The summed E-state index contributed by atoms with van der Waals surface area (Å²) in [6, 6.07) is 6.45. The molecule has 0 aliphatic heterocycles. The zero-order chi connectivity index (χ0) is 14.4. The number of benzene rings is 1. The molecular formula is C13H13N3O4. The summed E-state index contributed by atoms with van der Waals surface area (Å²) >= 11 is 0. The molecule has 1 heterocycles. The quantitative estimate of drug-likeness (QED) is 0.637. The lowest BCUT2D eigenvalue weighted by Gasteiger charge is -1.96. The van der Waals surface area contributed by atoms with Crippen molar-refractivity contribution in [3.05, 3.63) is 41.9 Å². The fourth-order valence-corrected chi connectivity index (χ4v) is 1.39. The summed E-state index contributed by atoms with van der Waals surface area (Å²) < 4.78 is 10.1. The first kappa shape index (κ1) is 13.6. The summed E-state index contributed by atoms with van der Waals surface area (Å²) in [6.45, 7) is 2.22. The van der Waals surface area contributed by atoms with Gasteiger partial charge in [-0.05, 0) is 24.6 Å². The zero-order valence-electron chi connectivity index (χ0n) is 10.7. The van der Waals surface area contributed by atoms with Gasteiger partial charge in [0.15, 0.2) is 0 Å². The van der Waals surface area contributed by atoms with Crippen LogP contribution in [0.3, 0.4) is 0 Å². The van der Waals surface area contributed by atoms with Crippen molar-refractivity contribution in [1.29, 1.82) is 0 Å². The van der Waals surface area contributed by atoms with E-state index in [1.807, 2.05) is 0 Å². The largest absolute Gasteiger partial charge is 0.508 e. The summed E-state index contributed by atoms with van der Waals surface area (Å²) in [4.78, 5) is 15.4. The highest BCUT2D eigenvalue weighted by Crippen LogP contribution is 2.12. The van der Waals surface area contributed by atoms with E-state index in [0.29, 0.717) is 12.2 Å². The number of hydrogen-bond acceptors (Lipinski definition) is 6. The Morgan fingerprint density at radius 3 is 3.20 bits per heavy atom. The number of hydrogen-bond donors (Lipinski definition) is 2. The third-order valence-electron chi connectivity index (χ3n) is 2.22. The van der Waals surface area contributed by atoms with E-state index in [2.05, 4.69) is 15.5 Å². The molecule has 7 nitrogen and oxygen atoms in total. The van der Waals surface area contributed by atoms with Crippen LogP contribution in [0.15, 0.2) is 40.0 Å². The van der Waals surface area contributed by atoms with Gasteiger partial charge in [-0.25, -0.2) is 10.4 Å². The van der Waals surface area contributed by atoms with Gasteiger partial charge in [-0.1, -0.05) is 12.1 Å². The number of nitrogens with zero attached hydrogens (tertiary/aromatic N) is 2. The lowest BCUT2D eigenvalue weighted by Crippen LogP contribution is -2.17. The van der Waals surface area contributed by atoms with Gasteiger partial charge in [0.25, 0.3) is 5.89 Å². The van der Waals surface area contributed by atoms with E-state index in [4.69, 9.17) is 9.15 Å². The van der Waals surface area contributed by atoms with E-state index in [-0.39, 0.29) is 17.6 Å². The second kappa shape index (κ2) is 6.37. The minimum atomic E-state index is -0.590. The molecule has 2 rings (SSSR count). The van der Waals surface area contributed by atoms with Crippen LogP contribution in [0.2, 0.25) is 0 Å². The Balaban J connectivity index is 1.94. The normalized spacial score (nSPS) is 10.7. The molecule has 0 fully saturated rings. The van der Waals surface area contributed by atoms with Gasteiger partial charge in [0.2, 0.25) is 0 Å². The zero-order valence-corrected chi connectivity index (χ0v) is 10.7. The summed E-state index contributed by atoms with van der Waals surface area (Å²) in [5.41, 5.74) is 2.91. The fourth-order valence-electron chi connectivity index (χ4n) is 1.39. The number of ether oxygens (including phenoxy) is 1. The van der Waals surface area contributed by atoms with Gasteiger partial charge in [-0.15, -0.1) is 0 Å². The number of rotatable bonds is 5. The van der Waals surface area contributed by atoms with Gasteiger partial charge in [0.1, 0.15) is 11.9 Å². The molecule has 0 radical (unpaired) electrons. The lowest BCUT2D eigenvalue weighted by atomic mass is 10.2. The Hall–Kier alpha value is -2.83. The number of nitrogens with one attached hydrogen (secondary N) is 1. The van der Waals surface area contributed by atoms with E-state index in [1.165, 1.54) is 24.5 Å². The van der Waals surface area contributed by atoms with E-state index in [9.17, 15) is 9.90 Å². The van der Waals surface area contributed by atoms with Gasteiger partial charge in [-0.2, -0.15) is 5.10 Å². The van der Waals surface area contributed by atoms with Crippen LogP contribution in [0, 0.1) is 0 Å². The summed E-state index contributed by atoms with van der Waals surface area (Å²) in [5, 5.41) is 13.0. The fraction of sp³-hybridized carbons (Fsp3) is 0.154. The molecule has 0 aliphatic rings. The minimum absolute atomic E-state index is 0.120. The highest BCUT2D eigenvalue weighted by molar-refractivity contribution is 5.90. The van der Waals surface area contributed by atoms with Crippen molar-refractivity contribution in [3.63, 3.8) is 0 Å². The lowest BCUT2D eigenvalue weighted by molar-refractivity contribution is 0.0912. The Morgan fingerprint density at radius 2 is 2.45 bits per heavy atom. The Bertz CT molecular complexity index is 622. The van der Waals surface area contributed by atoms with Crippen molar-refractivity contribution in [3.8, 4) is 11.7 Å². The SMILES string of the molecule is CCOc1cnc(C(=O)NN=Cc2cccc(O)c2)o1. The molecule has 0 aliphatic carbocycles. The summed E-state index contributed by atoms with van der Waals surface area (Å²) in [7, 11) is 0. The topological polar surface area (TPSA) is 97.0 Å². The second-order valence-electron chi connectivity index (χ2n) is 3.71. The minimum Gasteiger partial charge on any atom is -0.508 e. The van der Waals surface area contributed by atoms with Crippen molar-refractivity contribution in [2.24, 2.45) is 5.10 Å². The number of aromatic hydroxyl groups is 1. The molecule has 0 unspecified atom stereocenters. The Morgan fingerprint density at radius 1 is 1.60 bits per heavy atom. The molecule has 1 amide bonds. The Kier molecular flexibility index (Phi) is 4.33. The molecule has 1 aromatic carbocycles. The maximum Gasteiger partial charge on any atom is 0.327 e. The first-order valence-electron chi connectivity index (χ1n) is 5.90. The molecule has 20 heavy (non-hydrogen) atoms. The van der Waals surface area contributed by atoms with Crippen LogP contribution >= 0.6 is 0 Å². The van der Waals surface area contributed by atoms with E-state index < -0.39 is 5.91 Å². The monoisotopic (exact) mass is 275 g/mol. The van der Waals surface area contributed by atoms with E-state index in [1.54, 1.807) is 19.1 Å². The van der Waals surface area contributed by atoms with Crippen molar-refractivity contribution >= 4 is 12.1 Å². The molecule has 0 saturated carbocycles. The van der Waals surface area contributed by atoms with Crippen LogP contribution in [0.1, 0.15) is 23.2 Å². The third kappa shape index (κ3) is 3.58. The molecule has 7 heteroatoms. The number of hydrazone groups is 1. The number of amides is 1.